The van der Waals surface area contributed by atoms with Crippen molar-refractivity contribution in [2.24, 2.45) is 0 Å². The summed E-state index contributed by atoms with van der Waals surface area (Å²) in [5, 5.41) is 14.5. The molecule has 0 radical (unpaired) electrons. The fourth-order valence-corrected chi connectivity index (χ4v) is 1.99. The van der Waals surface area contributed by atoms with Crippen LogP contribution in [0.1, 0.15) is 16.1 Å². The number of halogens is 2. The Morgan fingerprint density at radius 3 is 2.79 bits per heavy atom. The maximum Gasteiger partial charge on any atom is 0.272 e. The van der Waals surface area contributed by atoms with E-state index in [1.165, 1.54) is 22.9 Å². The third-order valence-corrected chi connectivity index (χ3v) is 2.86. The molecule has 0 bridgehead atoms. The minimum absolute atomic E-state index is 0.0174. The predicted octanol–water partition coefficient (Wildman–Crippen LogP) is 2.55. The number of rotatable bonds is 4. The number of aldehydes is 1. The fraction of sp³-hybridized carbons (Fsp3) is 0.0909. The van der Waals surface area contributed by atoms with Crippen LogP contribution in [0.15, 0.2) is 28.9 Å². The molecule has 0 atom stereocenters. The van der Waals surface area contributed by atoms with Crippen molar-refractivity contribution < 1.29 is 14.1 Å². The van der Waals surface area contributed by atoms with Crippen LogP contribution in [-0.2, 0) is 6.54 Å². The molecule has 2 aromatic rings. The van der Waals surface area contributed by atoms with E-state index in [2.05, 4.69) is 21.0 Å². The minimum atomic E-state index is -0.710. The van der Waals surface area contributed by atoms with Crippen LogP contribution in [-0.4, -0.2) is 21.0 Å². The molecule has 0 aliphatic carbocycles. The van der Waals surface area contributed by atoms with E-state index in [9.17, 15) is 19.3 Å². The molecule has 0 spiro atoms. The molecule has 0 aliphatic rings. The molecule has 98 valence electrons. The lowest BCUT2D eigenvalue weighted by molar-refractivity contribution is -0.385. The number of nitrogens with zero attached hydrogens (tertiary/aromatic N) is 3. The summed E-state index contributed by atoms with van der Waals surface area (Å²) in [5.74, 6) is -0.710. The van der Waals surface area contributed by atoms with E-state index < -0.39 is 10.7 Å². The highest BCUT2D eigenvalue weighted by Gasteiger charge is 2.13. The fourth-order valence-electron chi connectivity index (χ4n) is 1.56. The Morgan fingerprint density at radius 1 is 1.47 bits per heavy atom. The van der Waals surface area contributed by atoms with Crippen molar-refractivity contribution >= 4 is 27.9 Å². The SMILES string of the molecule is O=Cc1cc(Br)nn1Cc1ccc([N+](=O)[O-])cc1F. The van der Waals surface area contributed by atoms with Gasteiger partial charge < -0.3 is 0 Å². The Morgan fingerprint density at radius 2 is 2.21 bits per heavy atom. The Kier molecular flexibility index (Phi) is 3.70. The molecule has 0 fully saturated rings. The first kappa shape index (κ1) is 13.3. The molecule has 1 aromatic carbocycles. The van der Waals surface area contributed by atoms with Crippen molar-refractivity contribution in [2.45, 2.75) is 6.54 Å². The molecule has 6 nitrogen and oxygen atoms in total. The van der Waals surface area contributed by atoms with E-state index in [4.69, 9.17) is 0 Å². The summed E-state index contributed by atoms with van der Waals surface area (Å²) in [4.78, 5) is 20.6. The van der Waals surface area contributed by atoms with Crippen LogP contribution >= 0.6 is 15.9 Å². The molecule has 0 unspecified atom stereocenters. The summed E-state index contributed by atoms with van der Waals surface area (Å²) in [6.07, 6.45) is 0.598. The standard InChI is InChI=1S/C11H7BrFN3O3/c12-11-4-9(6-17)15(14-11)5-7-1-2-8(16(18)19)3-10(7)13/h1-4,6H,5H2. The minimum Gasteiger partial charge on any atom is -0.296 e. The summed E-state index contributed by atoms with van der Waals surface area (Å²) in [6.45, 7) is 0.0174. The topological polar surface area (TPSA) is 78.0 Å². The summed E-state index contributed by atoms with van der Waals surface area (Å²) in [6, 6.07) is 4.85. The first-order valence-corrected chi connectivity index (χ1v) is 5.92. The molecule has 0 N–H and O–H groups in total. The molecular weight excluding hydrogens is 321 g/mol. The number of nitro groups is 1. The second-order valence-corrected chi connectivity index (χ2v) is 4.51. The van der Waals surface area contributed by atoms with Crippen LogP contribution in [0.4, 0.5) is 10.1 Å². The molecule has 1 aromatic heterocycles. The van der Waals surface area contributed by atoms with E-state index in [1.807, 2.05) is 0 Å². The summed E-state index contributed by atoms with van der Waals surface area (Å²) >= 11 is 3.11. The van der Waals surface area contributed by atoms with E-state index in [1.54, 1.807) is 0 Å². The van der Waals surface area contributed by atoms with Gasteiger partial charge in [0, 0.05) is 17.7 Å². The Bertz CT molecular complexity index is 657. The van der Waals surface area contributed by atoms with Gasteiger partial charge in [-0.3, -0.25) is 19.6 Å². The van der Waals surface area contributed by atoms with Gasteiger partial charge in [0.25, 0.3) is 5.69 Å². The zero-order valence-electron chi connectivity index (χ0n) is 9.42. The predicted molar refractivity (Wildman–Crippen MR) is 67.5 cm³/mol. The van der Waals surface area contributed by atoms with Gasteiger partial charge in [0.15, 0.2) is 6.29 Å². The van der Waals surface area contributed by atoms with E-state index in [-0.39, 0.29) is 23.5 Å². The highest BCUT2D eigenvalue weighted by Crippen LogP contribution is 2.18. The third-order valence-electron chi connectivity index (χ3n) is 2.47. The number of carbonyl (C=O) groups excluding carboxylic acids is 1. The number of aromatic nitrogens is 2. The van der Waals surface area contributed by atoms with Crippen molar-refractivity contribution in [2.75, 3.05) is 0 Å². The number of carbonyl (C=O) groups is 1. The Balaban J connectivity index is 2.33. The van der Waals surface area contributed by atoms with Crippen LogP contribution in [0, 0.1) is 15.9 Å². The molecule has 1 heterocycles. The van der Waals surface area contributed by atoms with Gasteiger partial charge in [-0.05, 0) is 22.0 Å². The van der Waals surface area contributed by atoms with Gasteiger partial charge in [-0.15, -0.1) is 0 Å². The third kappa shape index (κ3) is 2.84. The van der Waals surface area contributed by atoms with E-state index in [0.29, 0.717) is 10.9 Å². The van der Waals surface area contributed by atoms with Crippen LogP contribution in [0.2, 0.25) is 0 Å². The zero-order valence-corrected chi connectivity index (χ0v) is 11.0. The smallest absolute Gasteiger partial charge is 0.272 e. The second-order valence-electron chi connectivity index (χ2n) is 3.70. The Labute approximate surface area is 115 Å². The van der Waals surface area contributed by atoms with Crippen LogP contribution in [0.25, 0.3) is 0 Å². The first-order chi connectivity index (χ1) is 9.01. The van der Waals surface area contributed by atoms with Crippen molar-refractivity contribution in [1.29, 1.82) is 0 Å². The lowest BCUT2D eigenvalue weighted by Gasteiger charge is -2.05. The summed E-state index contributed by atoms with van der Waals surface area (Å²) < 4.78 is 15.5. The molecular formula is C11H7BrFN3O3. The van der Waals surface area contributed by atoms with Gasteiger partial charge >= 0.3 is 0 Å². The summed E-state index contributed by atoms with van der Waals surface area (Å²) in [7, 11) is 0. The van der Waals surface area contributed by atoms with Crippen molar-refractivity contribution in [3.05, 3.63) is 56.1 Å². The monoisotopic (exact) mass is 327 g/mol. The van der Waals surface area contributed by atoms with Crippen molar-refractivity contribution in [1.82, 2.24) is 9.78 Å². The van der Waals surface area contributed by atoms with Gasteiger partial charge in [0.05, 0.1) is 17.5 Å². The normalized spacial score (nSPS) is 10.4. The van der Waals surface area contributed by atoms with Crippen molar-refractivity contribution in [3.8, 4) is 0 Å². The summed E-state index contributed by atoms with van der Waals surface area (Å²) in [5.41, 5.74) is 0.174. The van der Waals surface area contributed by atoms with E-state index in [0.717, 1.165) is 6.07 Å². The zero-order chi connectivity index (χ0) is 14.0. The van der Waals surface area contributed by atoms with Gasteiger partial charge in [-0.1, -0.05) is 0 Å². The lowest BCUT2D eigenvalue weighted by Crippen LogP contribution is -2.07. The Hall–Kier alpha value is -2.09. The molecule has 0 aliphatic heterocycles. The van der Waals surface area contributed by atoms with Gasteiger partial charge in [-0.25, -0.2) is 4.39 Å². The molecule has 0 amide bonds. The average Bonchev–Trinajstić information content (AvgIpc) is 2.71. The highest BCUT2D eigenvalue weighted by molar-refractivity contribution is 9.10. The number of hydrogen-bond acceptors (Lipinski definition) is 4. The average molecular weight is 328 g/mol. The van der Waals surface area contributed by atoms with Crippen LogP contribution < -0.4 is 0 Å². The van der Waals surface area contributed by atoms with Gasteiger partial charge in [0.2, 0.25) is 0 Å². The lowest BCUT2D eigenvalue weighted by atomic mass is 10.2. The maximum atomic E-state index is 13.7. The highest BCUT2D eigenvalue weighted by atomic mass is 79.9. The second kappa shape index (κ2) is 5.27. The number of benzene rings is 1. The van der Waals surface area contributed by atoms with Crippen LogP contribution in [0.5, 0.6) is 0 Å². The van der Waals surface area contributed by atoms with Gasteiger partial charge in [0.1, 0.15) is 16.1 Å². The largest absolute Gasteiger partial charge is 0.296 e. The molecule has 0 saturated heterocycles. The van der Waals surface area contributed by atoms with Gasteiger partial charge in [-0.2, -0.15) is 5.10 Å². The van der Waals surface area contributed by atoms with Crippen molar-refractivity contribution in [3.63, 3.8) is 0 Å². The quantitative estimate of drug-likeness (QED) is 0.491. The molecule has 2 rings (SSSR count). The maximum absolute atomic E-state index is 13.7. The molecule has 19 heavy (non-hydrogen) atoms. The first-order valence-electron chi connectivity index (χ1n) is 5.12. The van der Waals surface area contributed by atoms with E-state index >= 15 is 0 Å². The molecule has 8 heteroatoms. The number of nitro benzene ring substituents is 1. The van der Waals surface area contributed by atoms with Crippen LogP contribution in [0.3, 0.4) is 0 Å². The number of non-ortho nitro benzene ring substituents is 1. The number of hydrogen-bond donors (Lipinski definition) is 0. The molecule has 0 saturated carbocycles.